The maximum atomic E-state index is 12.3. The molecule has 0 saturated heterocycles. The lowest BCUT2D eigenvalue weighted by molar-refractivity contribution is 0.0959. The summed E-state index contributed by atoms with van der Waals surface area (Å²) in [5.74, 6) is 0.605. The third kappa shape index (κ3) is 3.45. The zero-order valence-electron chi connectivity index (χ0n) is 13.4. The molecule has 0 radical (unpaired) electrons. The first-order valence-electron chi connectivity index (χ1n) is 7.78. The number of carbonyl (C=O) groups excluding carboxylic acids is 1. The highest BCUT2D eigenvalue weighted by molar-refractivity contribution is 7.14. The summed E-state index contributed by atoms with van der Waals surface area (Å²) in [6, 6.07) is 9.65. The van der Waals surface area contributed by atoms with Crippen LogP contribution in [-0.4, -0.2) is 18.7 Å². The van der Waals surface area contributed by atoms with E-state index in [1.165, 1.54) is 23.3 Å². The Hall–Kier alpha value is -2.14. The van der Waals surface area contributed by atoms with E-state index < -0.39 is 0 Å². The van der Waals surface area contributed by atoms with Gasteiger partial charge in [0, 0.05) is 10.4 Å². The molecule has 1 aromatic carbocycles. The van der Waals surface area contributed by atoms with Crippen molar-refractivity contribution in [3.63, 3.8) is 0 Å². The highest BCUT2D eigenvalue weighted by Gasteiger charge is 2.17. The van der Waals surface area contributed by atoms with Gasteiger partial charge in [-0.05, 0) is 56.4 Å². The van der Waals surface area contributed by atoms with E-state index in [0.29, 0.717) is 0 Å². The van der Waals surface area contributed by atoms with Crippen LogP contribution in [0.3, 0.4) is 0 Å². The van der Waals surface area contributed by atoms with Crippen LogP contribution in [0.15, 0.2) is 35.4 Å². The largest absolute Gasteiger partial charge is 0.496 e. The smallest absolute Gasteiger partial charge is 0.281 e. The van der Waals surface area contributed by atoms with Gasteiger partial charge in [-0.25, -0.2) is 5.43 Å². The number of aryl methyl sites for hydroxylation is 2. The van der Waals surface area contributed by atoms with E-state index in [1.807, 2.05) is 37.3 Å². The molecule has 0 atom stereocenters. The van der Waals surface area contributed by atoms with Crippen molar-refractivity contribution in [3.05, 3.63) is 51.2 Å². The Balaban J connectivity index is 1.73. The molecule has 0 unspecified atom stereocenters. The maximum Gasteiger partial charge on any atom is 0.281 e. The SMILES string of the molecule is COc1ccccc1C(C)=NNC(=O)c1cc2c(s1)CCCC2. The van der Waals surface area contributed by atoms with Crippen LogP contribution in [0, 0.1) is 0 Å². The van der Waals surface area contributed by atoms with E-state index >= 15 is 0 Å². The van der Waals surface area contributed by atoms with Gasteiger partial charge in [-0.2, -0.15) is 5.10 Å². The van der Waals surface area contributed by atoms with Crippen LogP contribution in [0.25, 0.3) is 0 Å². The third-order valence-electron chi connectivity index (χ3n) is 4.04. The standard InChI is InChI=1S/C18H20N2O2S/c1-12(14-8-4-5-9-15(14)22-2)19-20-18(21)17-11-13-7-3-6-10-16(13)23-17/h4-5,8-9,11H,3,6-7,10H2,1-2H3,(H,20,21). The average Bonchev–Trinajstić information content (AvgIpc) is 3.03. The van der Waals surface area contributed by atoms with Gasteiger partial charge in [0.15, 0.2) is 0 Å². The summed E-state index contributed by atoms with van der Waals surface area (Å²) >= 11 is 1.59. The number of hydrazone groups is 1. The molecule has 3 rings (SSSR count). The van der Waals surface area contributed by atoms with Crippen molar-refractivity contribution in [1.82, 2.24) is 5.43 Å². The number of amides is 1. The van der Waals surface area contributed by atoms with Gasteiger partial charge in [-0.1, -0.05) is 12.1 Å². The maximum absolute atomic E-state index is 12.3. The highest BCUT2D eigenvalue weighted by Crippen LogP contribution is 2.29. The Morgan fingerprint density at radius 2 is 2.04 bits per heavy atom. The van der Waals surface area contributed by atoms with Gasteiger partial charge in [0.05, 0.1) is 17.7 Å². The molecule has 0 aliphatic heterocycles. The van der Waals surface area contributed by atoms with Gasteiger partial charge < -0.3 is 4.74 Å². The van der Waals surface area contributed by atoms with Gasteiger partial charge in [0.25, 0.3) is 5.91 Å². The second-order valence-electron chi connectivity index (χ2n) is 5.60. The van der Waals surface area contributed by atoms with Crippen molar-refractivity contribution >= 4 is 23.0 Å². The zero-order chi connectivity index (χ0) is 16.2. The lowest BCUT2D eigenvalue weighted by atomic mass is 9.99. The fourth-order valence-corrected chi connectivity index (χ4v) is 3.94. The molecule has 0 bridgehead atoms. The summed E-state index contributed by atoms with van der Waals surface area (Å²) in [7, 11) is 1.63. The van der Waals surface area contributed by atoms with Gasteiger partial charge in [0.1, 0.15) is 5.75 Å². The number of thiophene rings is 1. The number of methoxy groups -OCH3 is 1. The van der Waals surface area contributed by atoms with Crippen LogP contribution in [0.2, 0.25) is 0 Å². The van der Waals surface area contributed by atoms with Crippen LogP contribution < -0.4 is 10.2 Å². The van der Waals surface area contributed by atoms with Crippen LogP contribution in [0.1, 0.15) is 45.4 Å². The molecule has 0 spiro atoms. The van der Waals surface area contributed by atoms with E-state index in [2.05, 4.69) is 10.5 Å². The predicted octanol–water partition coefficient (Wildman–Crippen LogP) is 3.79. The number of hydrogen-bond donors (Lipinski definition) is 1. The molecule has 4 nitrogen and oxygen atoms in total. The van der Waals surface area contributed by atoms with E-state index in [4.69, 9.17) is 4.74 Å². The second-order valence-corrected chi connectivity index (χ2v) is 6.74. The fourth-order valence-electron chi connectivity index (χ4n) is 2.80. The fraction of sp³-hybridized carbons (Fsp3) is 0.333. The van der Waals surface area contributed by atoms with E-state index in [0.717, 1.165) is 34.7 Å². The predicted molar refractivity (Wildman–Crippen MR) is 93.6 cm³/mol. The molecule has 5 heteroatoms. The first-order valence-corrected chi connectivity index (χ1v) is 8.60. The normalized spacial score (nSPS) is 14.3. The van der Waals surface area contributed by atoms with Crippen molar-refractivity contribution < 1.29 is 9.53 Å². The van der Waals surface area contributed by atoms with E-state index in [9.17, 15) is 4.79 Å². The van der Waals surface area contributed by atoms with Crippen LogP contribution in [0.4, 0.5) is 0 Å². The summed E-state index contributed by atoms with van der Waals surface area (Å²) in [4.78, 5) is 14.4. The number of hydrogen-bond acceptors (Lipinski definition) is 4. The summed E-state index contributed by atoms with van der Waals surface area (Å²) in [6.07, 6.45) is 4.62. The molecule has 1 aliphatic rings. The van der Waals surface area contributed by atoms with Crippen LogP contribution >= 0.6 is 11.3 Å². The molecule has 1 aromatic heterocycles. The lowest BCUT2D eigenvalue weighted by Gasteiger charge is -2.08. The Morgan fingerprint density at radius 3 is 2.83 bits per heavy atom. The van der Waals surface area contributed by atoms with Crippen LogP contribution in [0.5, 0.6) is 5.75 Å². The molecule has 23 heavy (non-hydrogen) atoms. The van der Waals surface area contributed by atoms with Gasteiger partial charge >= 0.3 is 0 Å². The number of nitrogens with one attached hydrogen (secondary N) is 1. The highest BCUT2D eigenvalue weighted by atomic mass is 32.1. The van der Waals surface area contributed by atoms with E-state index in [-0.39, 0.29) is 5.91 Å². The summed E-state index contributed by atoms with van der Waals surface area (Å²) in [5.41, 5.74) is 5.59. The minimum Gasteiger partial charge on any atom is -0.496 e. The Labute approximate surface area is 140 Å². The summed E-state index contributed by atoms with van der Waals surface area (Å²) < 4.78 is 5.32. The molecule has 1 aliphatic carbocycles. The van der Waals surface area contributed by atoms with Crippen molar-refractivity contribution in [1.29, 1.82) is 0 Å². The zero-order valence-corrected chi connectivity index (χ0v) is 14.2. The number of para-hydroxylation sites is 1. The minimum atomic E-state index is -0.140. The number of rotatable bonds is 4. The summed E-state index contributed by atoms with van der Waals surface area (Å²) in [5, 5.41) is 4.23. The average molecular weight is 328 g/mol. The molecule has 2 aromatic rings. The molecule has 1 N–H and O–H groups in total. The molecule has 0 fully saturated rings. The van der Waals surface area contributed by atoms with Gasteiger partial charge in [-0.3, -0.25) is 4.79 Å². The topological polar surface area (TPSA) is 50.7 Å². The van der Waals surface area contributed by atoms with Gasteiger partial charge in [-0.15, -0.1) is 11.3 Å². The number of benzene rings is 1. The van der Waals surface area contributed by atoms with Crippen molar-refractivity contribution in [3.8, 4) is 5.75 Å². The second kappa shape index (κ2) is 6.96. The van der Waals surface area contributed by atoms with Gasteiger partial charge in [0.2, 0.25) is 0 Å². The Morgan fingerprint density at radius 1 is 1.26 bits per heavy atom. The van der Waals surface area contributed by atoms with E-state index in [1.54, 1.807) is 18.4 Å². The third-order valence-corrected chi connectivity index (χ3v) is 5.28. The Kier molecular flexibility index (Phi) is 4.76. The Bertz CT molecular complexity index is 726. The molecule has 0 saturated carbocycles. The number of fused-ring (bicyclic) bond motifs is 1. The number of ether oxygens (including phenoxy) is 1. The van der Waals surface area contributed by atoms with Crippen molar-refractivity contribution in [2.45, 2.75) is 32.6 Å². The summed E-state index contributed by atoms with van der Waals surface area (Å²) in [6.45, 7) is 1.86. The molecular formula is C18H20N2O2S. The molecule has 120 valence electrons. The monoisotopic (exact) mass is 328 g/mol. The van der Waals surface area contributed by atoms with Crippen LogP contribution in [-0.2, 0) is 12.8 Å². The first kappa shape index (κ1) is 15.7. The molecule has 1 heterocycles. The van der Waals surface area contributed by atoms with Crippen molar-refractivity contribution in [2.24, 2.45) is 5.10 Å². The molecular weight excluding hydrogens is 308 g/mol. The number of nitrogens with zero attached hydrogens (tertiary/aromatic N) is 1. The van der Waals surface area contributed by atoms with Crippen molar-refractivity contribution in [2.75, 3.05) is 7.11 Å². The lowest BCUT2D eigenvalue weighted by Crippen LogP contribution is -2.18. The minimum absolute atomic E-state index is 0.140. The molecule has 1 amide bonds. The quantitative estimate of drug-likeness (QED) is 0.686. The number of carbonyl (C=O) groups is 1. The first-order chi connectivity index (χ1) is 11.2.